The number of carbonyl (C=O) groups is 2. The van der Waals surface area contributed by atoms with Gasteiger partial charge in [0.15, 0.2) is 11.5 Å². The molecular weight excluding hydrogens is 550 g/mol. The van der Waals surface area contributed by atoms with E-state index in [-0.39, 0.29) is 28.8 Å². The molecule has 5 rings (SSSR count). The van der Waals surface area contributed by atoms with Gasteiger partial charge in [0.05, 0.1) is 38.7 Å². The van der Waals surface area contributed by atoms with Gasteiger partial charge >= 0.3 is 0 Å². The molecular formula is C33H43N3O7. The van der Waals surface area contributed by atoms with Crippen LogP contribution >= 0.6 is 0 Å². The Kier molecular flexibility index (Phi) is 8.87. The predicted molar refractivity (Wildman–Crippen MR) is 164 cm³/mol. The predicted octanol–water partition coefficient (Wildman–Crippen LogP) is 3.82. The van der Waals surface area contributed by atoms with E-state index in [4.69, 9.17) is 14.2 Å². The molecule has 232 valence electrons. The largest absolute Gasteiger partial charge is 0.493 e. The molecule has 2 fully saturated rings. The van der Waals surface area contributed by atoms with E-state index in [2.05, 4.69) is 10.6 Å². The number of benzene rings is 1. The zero-order valence-electron chi connectivity index (χ0n) is 25.7. The molecule has 0 bridgehead atoms. The van der Waals surface area contributed by atoms with Crippen molar-refractivity contribution in [3.8, 4) is 28.4 Å². The number of carbonyl (C=O) groups excluding carboxylic acids is 2. The molecule has 2 amide bonds. The molecule has 0 unspecified atom stereocenters. The van der Waals surface area contributed by atoms with Gasteiger partial charge in [-0.25, -0.2) is 0 Å². The zero-order chi connectivity index (χ0) is 30.9. The van der Waals surface area contributed by atoms with Crippen molar-refractivity contribution in [2.75, 3.05) is 39.7 Å². The smallest absolute Gasteiger partial charge is 0.244 e. The highest BCUT2D eigenvalue weighted by Gasteiger charge is 2.44. The van der Waals surface area contributed by atoms with Crippen molar-refractivity contribution in [2.45, 2.75) is 76.5 Å². The fourth-order valence-corrected chi connectivity index (χ4v) is 7.17. The van der Waals surface area contributed by atoms with Gasteiger partial charge in [0, 0.05) is 31.5 Å². The van der Waals surface area contributed by atoms with E-state index in [0.717, 1.165) is 42.4 Å². The van der Waals surface area contributed by atoms with Gasteiger partial charge in [-0.05, 0) is 73.9 Å². The van der Waals surface area contributed by atoms with E-state index in [1.54, 1.807) is 40.4 Å². The maximum Gasteiger partial charge on any atom is 0.244 e. The normalized spacial score (nSPS) is 23.4. The molecule has 1 saturated heterocycles. The lowest BCUT2D eigenvalue weighted by molar-refractivity contribution is -0.143. The minimum Gasteiger partial charge on any atom is -0.493 e. The Bertz CT molecular complexity index is 1460. The lowest BCUT2D eigenvalue weighted by Crippen LogP contribution is -2.56. The first-order valence-electron chi connectivity index (χ1n) is 15.2. The first-order chi connectivity index (χ1) is 20.6. The Morgan fingerprint density at radius 1 is 1.05 bits per heavy atom. The summed E-state index contributed by atoms with van der Waals surface area (Å²) in [6, 6.07) is 5.92. The molecule has 3 N–H and O–H groups in total. The standard InChI is InChI=1S/C33H43N3O7/c1-19(32(39)36-15-14-33(40)13-7-6-8-22(33)18-36)34-26-12-10-23-24(17-27(26)38)25(35-20(2)37)11-9-21-16-28(41-3)30(42-4)31(43-5)29(21)23/h10,12,16-17,19,22,25,40H,6-9,11,13-15,18H2,1-5H3,(H,34,38)(H,35,37)/t19-,22+,25-,33+/m0/s1. The number of ether oxygens (including phenoxy) is 3. The van der Waals surface area contributed by atoms with Crippen LogP contribution in [-0.4, -0.2) is 67.9 Å². The van der Waals surface area contributed by atoms with Crippen molar-refractivity contribution < 1.29 is 28.9 Å². The first kappa shape index (κ1) is 30.7. The van der Waals surface area contributed by atoms with Crippen LogP contribution in [0, 0.1) is 5.92 Å². The van der Waals surface area contributed by atoms with Crippen molar-refractivity contribution in [1.82, 2.24) is 10.2 Å². The minimum absolute atomic E-state index is 0.0859. The summed E-state index contributed by atoms with van der Waals surface area (Å²) in [7, 11) is 4.67. The van der Waals surface area contributed by atoms with Crippen LogP contribution in [0.2, 0.25) is 0 Å². The molecule has 0 spiro atoms. The van der Waals surface area contributed by atoms with Crippen LogP contribution < -0.4 is 30.3 Å². The van der Waals surface area contributed by atoms with Gasteiger partial charge in [0.25, 0.3) is 0 Å². The number of hydrogen-bond donors (Lipinski definition) is 3. The molecule has 0 radical (unpaired) electrons. The Morgan fingerprint density at radius 3 is 2.51 bits per heavy atom. The molecule has 2 aliphatic carbocycles. The van der Waals surface area contributed by atoms with Crippen LogP contribution in [0.5, 0.6) is 17.2 Å². The van der Waals surface area contributed by atoms with Crippen LogP contribution in [0.4, 0.5) is 5.69 Å². The van der Waals surface area contributed by atoms with E-state index in [0.29, 0.717) is 55.2 Å². The number of methoxy groups -OCH3 is 3. The molecule has 1 aliphatic heterocycles. The number of rotatable bonds is 7. The van der Waals surface area contributed by atoms with Crippen LogP contribution in [0.3, 0.4) is 0 Å². The fraction of sp³-hybridized carbons (Fsp3) is 0.545. The maximum atomic E-state index is 13.7. The summed E-state index contributed by atoms with van der Waals surface area (Å²) in [4.78, 5) is 41.2. The highest BCUT2D eigenvalue weighted by molar-refractivity contribution is 5.86. The maximum absolute atomic E-state index is 13.7. The molecule has 2 aromatic carbocycles. The third kappa shape index (κ3) is 5.89. The second-order valence-corrected chi connectivity index (χ2v) is 12.0. The Labute approximate surface area is 252 Å². The number of likely N-dealkylation sites (tertiary alicyclic amines) is 1. The van der Waals surface area contributed by atoms with Crippen molar-refractivity contribution in [1.29, 1.82) is 0 Å². The van der Waals surface area contributed by atoms with Gasteiger partial charge in [-0.2, -0.15) is 0 Å². The van der Waals surface area contributed by atoms with E-state index >= 15 is 0 Å². The van der Waals surface area contributed by atoms with E-state index < -0.39 is 17.7 Å². The zero-order valence-corrected chi connectivity index (χ0v) is 25.7. The second kappa shape index (κ2) is 12.4. The monoisotopic (exact) mass is 593 g/mol. The fourth-order valence-electron chi connectivity index (χ4n) is 7.17. The quantitative estimate of drug-likeness (QED) is 0.443. The average molecular weight is 594 g/mol. The van der Waals surface area contributed by atoms with Gasteiger partial charge in [-0.3, -0.25) is 14.4 Å². The molecule has 3 aliphatic rings. The molecule has 1 saturated carbocycles. The number of anilines is 1. The van der Waals surface area contributed by atoms with Crippen molar-refractivity contribution in [2.24, 2.45) is 5.92 Å². The molecule has 1 heterocycles. The van der Waals surface area contributed by atoms with E-state index in [1.165, 1.54) is 6.92 Å². The Balaban J connectivity index is 1.51. The van der Waals surface area contributed by atoms with Crippen molar-refractivity contribution in [3.05, 3.63) is 45.6 Å². The minimum atomic E-state index is -0.673. The summed E-state index contributed by atoms with van der Waals surface area (Å²) < 4.78 is 17.1. The van der Waals surface area contributed by atoms with Gasteiger partial charge in [-0.15, -0.1) is 0 Å². The van der Waals surface area contributed by atoms with Gasteiger partial charge in [0.2, 0.25) is 23.0 Å². The number of hydrogen-bond acceptors (Lipinski definition) is 8. The number of nitrogens with zero attached hydrogens (tertiary/aromatic N) is 1. The number of amides is 2. The highest BCUT2D eigenvalue weighted by Crippen LogP contribution is 2.50. The van der Waals surface area contributed by atoms with Crippen LogP contribution in [-0.2, 0) is 16.0 Å². The van der Waals surface area contributed by atoms with Crippen molar-refractivity contribution >= 4 is 17.5 Å². The second-order valence-electron chi connectivity index (χ2n) is 12.0. The van der Waals surface area contributed by atoms with Crippen LogP contribution in [0.1, 0.15) is 69.5 Å². The lowest BCUT2D eigenvalue weighted by atomic mass is 9.71. The van der Waals surface area contributed by atoms with Gasteiger partial charge < -0.3 is 34.9 Å². The number of fused-ring (bicyclic) bond motifs is 4. The summed E-state index contributed by atoms with van der Waals surface area (Å²) in [5.41, 5.74) is 2.40. The summed E-state index contributed by atoms with van der Waals surface area (Å²) >= 11 is 0. The Hall–Kier alpha value is -3.79. The SMILES string of the molecule is COc1cc2c(c(OC)c1OC)-c1ccc(N[C@@H](C)C(=O)N3CC[C@]4(O)CCCC[C@@H]4C3)c(=O)cc1[C@@H](NC(C)=O)CC2. The van der Waals surface area contributed by atoms with Crippen LogP contribution in [0.15, 0.2) is 29.1 Å². The number of aliphatic hydroxyl groups is 1. The molecule has 0 aromatic heterocycles. The molecule has 2 aromatic rings. The van der Waals surface area contributed by atoms with Gasteiger partial charge in [-0.1, -0.05) is 18.9 Å². The van der Waals surface area contributed by atoms with Crippen LogP contribution in [0.25, 0.3) is 11.1 Å². The molecule has 4 atom stereocenters. The average Bonchev–Trinajstić information content (AvgIpc) is 3.23. The van der Waals surface area contributed by atoms with E-state index in [1.807, 2.05) is 17.0 Å². The lowest BCUT2D eigenvalue weighted by Gasteiger charge is -2.47. The third-order valence-corrected chi connectivity index (χ3v) is 9.40. The summed E-state index contributed by atoms with van der Waals surface area (Å²) in [5, 5.41) is 17.2. The molecule has 43 heavy (non-hydrogen) atoms. The number of nitrogens with one attached hydrogen (secondary N) is 2. The first-order valence-corrected chi connectivity index (χ1v) is 15.2. The molecule has 10 nitrogen and oxygen atoms in total. The summed E-state index contributed by atoms with van der Waals surface area (Å²) in [6.07, 6.45) is 5.55. The molecule has 10 heteroatoms. The van der Waals surface area contributed by atoms with Crippen molar-refractivity contribution in [3.63, 3.8) is 0 Å². The Morgan fingerprint density at radius 2 is 1.81 bits per heavy atom. The highest BCUT2D eigenvalue weighted by atomic mass is 16.5. The van der Waals surface area contributed by atoms with E-state index in [9.17, 15) is 19.5 Å². The third-order valence-electron chi connectivity index (χ3n) is 9.40. The number of aryl methyl sites for hydroxylation is 1. The summed E-state index contributed by atoms with van der Waals surface area (Å²) in [5.74, 6) is 1.23. The topological polar surface area (TPSA) is 126 Å². The van der Waals surface area contributed by atoms with Gasteiger partial charge in [0.1, 0.15) is 6.04 Å². The summed E-state index contributed by atoms with van der Waals surface area (Å²) in [6.45, 7) is 4.25. The number of piperidine rings is 1.